The Morgan fingerprint density at radius 1 is 0.882 bits per heavy atom. The van der Waals surface area contributed by atoms with Crippen LogP contribution >= 0.6 is 0 Å². The van der Waals surface area contributed by atoms with Gasteiger partial charge in [0.05, 0.1) is 12.2 Å². The van der Waals surface area contributed by atoms with Crippen LogP contribution in [-0.4, -0.2) is 23.0 Å². The average Bonchev–Trinajstić information content (AvgIpc) is 3.34. The smallest absolute Gasteiger partial charge is 0.282 e. The summed E-state index contributed by atoms with van der Waals surface area (Å²) in [4.78, 5) is 25.6. The van der Waals surface area contributed by atoms with Crippen LogP contribution in [0.2, 0.25) is 0 Å². The largest absolute Gasteiger partial charge is 0.491 e. The van der Waals surface area contributed by atoms with Crippen molar-refractivity contribution in [3.8, 4) is 5.75 Å². The third kappa shape index (κ3) is 3.94. The van der Waals surface area contributed by atoms with Crippen LogP contribution in [0.1, 0.15) is 16.7 Å². The van der Waals surface area contributed by atoms with Gasteiger partial charge in [-0.2, -0.15) is 0 Å². The van der Waals surface area contributed by atoms with Crippen LogP contribution in [0.5, 0.6) is 5.75 Å². The van der Waals surface area contributed by atoms with Crippen molar-refractivity contribution >= 4 is 34.5 Å². The Bertz CT molecular complexity index is 1400. The van der Waals surface area contributed by atoms with Crippen molar-refractivity contribution in [1.29, 1.82) is 0 Å². The van der Waals surface area contributed by atoms with Gasteiger partial charge in [0.25, 0.3) is 11.8 Å². The third-order valence-corrected chi connectivity index (χ3v) is 6.01. The van der Waals surface area contributed by atoms with Crippen LogP contribution in [0.15, 0.2) is 84.6 Å². The number of fused-ring (bicyclic) bond motifs is 1. The van der Waals surface area contributed by atoms with Gasteiger partial charge in [-0.05, 0) is 49.2 Å². The molecule has 1 saturated heterocycles. The number of anilines is 1. The van der Waals surface area contributed by atoms with Gasteiger partial charge in [0.15, 0.2) is 0 Å². The van der Waals surface area contributed by atoms with E-state index in [4.69, 9.17) is 4.74 Å². The van der Waals surface area contributed by atoms with Gasteiger partial charge in [-0.3, -0.25) is 15.0 Å². The van der Waals surface area contributed by atoms with Gasteiger partial charge >= 0.3 is 0 Å². The van der Waals surface area contributed by atoms with Crippen molar-refractivity contribution in [2.45, 2.75) is 20.4 Å². The fraction of sp³-hybridized carbons (Fsp3) is 0.143. The molecular weight excluding hydrogens is 426 g/mol. The number of benzene rings is 3. The van der Waals surface area contributed by atoms with Gasteiger partial charge in [-0.25, -0.2) is 5.01 Å². The summed E-state index contributed by atoms with van der Waals surface area (Å²) >= 11 is 0. The summed E-state index contributed by atoms with van der Waals surface area (Å²) in [5.74, 6) is 0.131. The summed E-state index contributed by atoms with van der Waals surface area (Å²) < 4.78 is 8.20. The van der Waals surface area contributed by atoms with Gasteiger partial charge < -0.3 is 9.30 Å². The number of aromatic nitrogens is 1. The fourth-order valence-electron chi connectivity index (χ4n) is 4.32. The molecule has 4 aromatic rings. The molecule has 1 N–H and O–H groups in total. The Morgan fingerprint density at radius 3 is 2.35 bits per heavy atom. The molecule has 0 spiro atoms. The maximum atomic E-state index is 13.0. The molecule has 0 radical (unpaired) electrons. The minimum atomic E-state index is -0.413. The van der Waals surface area contributed by atoms with Crippen LogP contribution in [0, 0.1) is 13.8 Å². The number of hydrogen-bond acceptors (Lipinski definition) is 3. The predicted molar refractivity (Wildman–Crippen MR) is 133 cm³/mol. The van der Waals surface area contributed by atoms with Gasteiger partial charge in [0.1, 0.15) is 17.9 Å². The highest BCUT2D eigenvalue weighted by atomic mass is 16.5. The number of hydrogen-bond donors (Lipinski definition) is 1. The zero-order chi connectivity index (χ0) is 23.7. The second kappa shape index (κ2) is 8.90. The lowest BCUT2D eigenvalue weighted by atomic mass is 10.1. The van der Waals surface area contributed by atoms with E-state index in [2.05, 4.69) is 9.99 Å². The van der Waals surface area contributed by atoms with E-state index in [0.717, 1.165) is 33.3 Å². The van der Waals surface area contributed by atoms with Crippen LogP contribution < -0.4 is 15.2 Å². The maximum absolute atomic E-state index is 13.0. The van der Waals surface area contributed by atoms with Gasteiger partial charge in [0, 0.05) is 22.7 Å². The molecule has 0 unspecified atom stereocenters. The van der Waals surface area contributed by atoms with Crippen molar-refractivity contribution < 1.29 is 14.3 Å². The van der Waals surface area contributed by atoms with E-state index in [1.165, 1.54) is 5.01 Å². The van der Waals surface area contributed by atoms with Crippen LogP contribution in [0.3, 0.4) is 0 Å². The highest BCUT2D eigenvalue weighted by molar-refractivity contribution is 6.32. The number of rotatable bonds is 6. The van der Waals surface area contributed by atoms with E-state index in [9.17, 15) is 9.59 Å². The fourth-order valence-corrected chi connectivity index (χ4v) is 4.32. The lowest BCUT2D eigenvalue weighted by Crippen LogP contribution is -2.35. The highest BCUT2D eigenvalue weighted by Gasteiger charge is 2.34. The first-order valence-electron chi connectivity index (χ1n) is 11.2. The maximum Gasteiger partial charge on any atom is 0.282 e. The predicted octanol–water partition coefficient (Wildman–Crippen LogP) is 4.80. The molecule has 0 saturated carbocycles. The zero-order valence-electron chi connectivity index (χ0n) is 19.1. The highest BCUT2D eigenvalue weighted by Crippen LogP contribution is 2.27. The zero-order valence-corrected chi connectivity index (χ0v) is 19.1. The molecule has 0 atom stereocenters. The second-order valence-electron chi connectivity index (χ2n) is 8.34. The molecule has 0 bridgehead atoms. The molecular formula is C28H25N3O3. The Balaban J connectivity index is 1.42. The minimum absolute atomic E-state index is 0.110. The monoisotopic (exact) mass is 451 g/mol. The molecule has 1 aliphatic rings. The van der Waals surface area contributed by atoms with E-state index < -0.39 is 5.91 Å². The number of ether oxygens (including phenoxy) is 1. The standard InChI is InChI=1S/C28H25N3O3/c1-19-9-8-10-20(2)26(19)34-16-15-30-18-21(23-13-6-7-14-25(23)30)17-24-27(32)29-31(28(24)33)22-11-4-3-5-12-22/h3-14,17-18H,15-16H2,1-2H3,(H,29,32)/b24-17+. The van der Waals surface area contributed by atoms with Gasteiger partial charge in [-0.15, -0.1) is 0 Å². The van der Waals surface area contributed by atoms with Gasteiger partial charge in [-0.1, -0.05) is 54.6 Å². The van der Waals surface area contributed by atoms with E-state index >= 15 is 0 Å². The third-order valence-electron chi connectivity index (χ3n) is 6.01. The Kier molecular flexibility index (Phi) is 5.64. The number of hydrazine groups is 1. The normalized spacial score (nSPS) is 14.8. The van der Waals surface area contributed by atoms with Crippen LogP contribution in [-0.2, 0) is 16.1 Å². The summed E-state index contributed by atoms with van der Waals surface area (Å²) in [6.45, 7) is 5.22. The molecule has 5 rings (SSSR count). The van der Waals surface area contributed by atoms with Crippen molar-refractivity contribution in [1.82, 2.24) is 9.99 Å². The Hall–Kier alpha value is -4.32. The molecule has 170 valence electrons. The Morgan fingerprint density at radius 2 is 1.59 bits per heavy atom. The van der Waals surface area contributed by atoms with Crippen molar-refractivity contribution in [3.05, 3.63) is 101 Å². The summed E-state index contributed by atoms with van der Waals surface area (Å²) in [5, 5.41) is 2.26. The summed E-state index contributed by atoms with van der Waals surface area (Å²) in [6.07, 6.45) is 3.64. The number of amides is 2. The lowest BCUT2D eigenvalue weighted by Gasteiger charge is -2.13. The molecule has 2 heterocycles. The molecule has 1 fully saturated rings. The Labute approximate surface area is 198 Å². The molecule has 2 amide bonds. The first kappa shape index (κ1) is 21.5. The summed E-state index contributed by atoms with van der Waals surface area (Å²) in [5.41, 5.74) is 7.44. The van der Waals surface area contributed by atoms with E-state index in [1.807, 2.05) is 80.7 Å². The number of nitrogens with one attached hydrogen (secondary N) is 1. The quantitative estimate of drug-likeness (QED) is 0.338. The molecule has 6 heteroatoms. The number of aryl methyl sites for hydroxylation is 2. The van der Waals surface area contributed by atoms with E-state index in [0.29, 0.717) is 18.8 Å². The second-order valence-corrected chi connectivity index (χ2v) is 8.34. The summed E-state index contributed by atoms with van der Waals surface area (Å²) in [7, 11) is 0. The van der Waals surface area contributed by atoms with E-state index in [-0.39, 0.29) is 11.5 Å². The van der Waals surface area contributed by atoms with Crippen molar-refractivity contribution in [2.24, 2.45) is 0 Å². The van der Waals surface area contributed by atoms with E-state index in [1.54, 1.807) is 18.2 Å². The molecule has 3 aromatic carbocycles. The minimum Gasteiger partial charge on any atom is -0.491 e. The van der Waals surface area contributed by atoms with Crippen molar-refractivity contribution in [2.75, 3.05) is 11.6 Å². The molecule has 1 aliphatic heterocycles. The number of carbonyl (C=O) groups is 2. The number of carbonyl (C=O) groups excluding carboxylic acids is 2. The topological polar surface area (TPSA) is 63.6 Å². The lowest BCUT2D eigenvalue weighted by molar-refractivity contribution is -0.117. The SMILES string of the molecule is Cc1cccc(C)c1OCCn1cc(/C=C2\C(=O)NN(c3ccccc3)C2=O)c2ccccc21. The van der Waals surface area contributed by atoms with Crippen LogP contribution in [0.25, 0.3) is 17.0 Å². The van der Waals surface area contributed by atoms with Gasteiger partial charge in [0.2, 0.25) is 0 Å². The number of para-hydroxylation sites is 3. The molecule has 34 heavy (non-hydrogen) atoms. The van der Waals surface area contributed by atoms with Crippen molar-refractivity contribution in [3.63, 3.8) is 0 Å². The average molecular weight is 452 g/mol. The molecule has 6 nitrogen and oxygen atoms in total. The first-order chi connectivity index (χ1) is 16.5. The first-order valence-corrected chi connectivity index (χ1v) is 11.2. The van der Waals surface area contributed by atoms with Crippen LogP contribution in [0.4, 0.5) is 5.69 Å². The number of nitrogens with zero attached hydrogens (tertiary/aromatic N) is 2. The molecule has 1 aromatic heterocycles. The summed E-state index contributed by atoms with van der Waals surface area (Å²) in [6, 6.07) is 23.1. The molecule has 0 aliphatic carbocycles.